The Morgan fingerprint density at radius 2 is 2.05 bits per heavy atom. The highest BCUT2D eigenvalue weighted by atomic mass is 32.2. The molecule has 1 aromatic heterocycles. The first kappa shape index (κ1) is 13.9. The van der Waals surface area contributed by atoms with Gasteiger partial charge in [0.2, 0.25) is 0 Å². The van der Waals surface area contributed by atoms with Gasteiger partial charge in [-0.25, -0.2) is 4.79 Å². The van der Waals surface area contributed by atoms with Gasteiger partial charge in [-0.05, 0) is 20.3 Å². The number of aromatic amines is 1. The lowest BCUT2D eigenvalue weighted by Crippen LogP contribution is -2.36. The van der Waals surface area contributed by atoms with E-state index in [1.54, 1.807) is 11.8 Å². The third kappa shape index (κ3) is 2.23. The predicted molar refractivity (Wildman–Crippen MR) is 75.9 cm³/mol. The fourth-order valence-electron chi connectivity index (χ4n) is 2.84. The summed E-state index contributed by atoms with van der Waals surface area (Å²) < 4.78 is 13.5. The normalized spacial score (nSPS) is 35.1. The number of hydrogen-bond donors (Lipinski definition) is 1. The lowest BCUT2D eigenvalue weighted by molar-refractivity contribution is -0.148. The van der Waals surface area contributed by atoms with Crippen molar-refractivity contribution in [3.05, 3.63) is 33.1 Å². The molecule has 2 fully saturated rings. The van der Waals surface area contributed by atoms with Crippen LogP contribution in [0.3, 0.4) is 0 Å². The Hall–Kier alpha value is -1.05. The van der Waals surface area contributed by atoms with Crippen LogP contribution in [-0.2, 0) is 9.47 Å². The van der Waals surface area contributed by atoms with Crippen LogP contribution in [0.25, 0.3) is 0 Å². The van der Waals surface area contributed by atoms with E-state index in [0.29, 0.717) is 0 Å². The zero-order chi connectivity index (χ0) is 14.5. The van der Waals surface area contributed by atoms with Crippen molar-refractivity contribution in [1.82, 2.24) is 9.55 Å². The summed E-state index contributed by atoms with van der Waals surface area (Å²) in [5.74, 6) is -0.631. The largest absolute Gasteiger partial charge is 0.343 e. The molecule has 0 saturated carbocycles. The fraction of sp³-hybridized carbons (Fsp3) is 0.692. The molecular formula is C13H18N2O4S. The molecule has 1 unspecified atom stereocenters. The average molecular weight is 298 g/mol. The molecule has 0 aromatic carbocycles. The molecule has 2 saturated heterocycles. The lowest BCUT2D eigenvalue weighted by Gasteiger charge is -2.23. The maximum atomic E-state index is 12.0. The molecule has 1 aromatic rings. The third-order valence-electron chi connectivity index (χ3n) is 3.65. The second kappa shape index (κ2) is 4.75. The summed E-state index contributed by atoms with van der Waals surface area (Å²) in [7, 11) is 0. The van der Waals surface area contributed by atoms with Crippen LogP contribution in [0.5, 0.6) is 0 Å². The van der Waals surface area contributed by atoms with E-state index in [1.165, 1.54) is 16.8 Å². The second-order valence-corrected chi connectivity index (χ2v) is 6.92. The molecular weight excluding hydrogens is 280 g/mol. The van der Waals surface area contributed by atoms with Gasteiger partial charge in [0.05, 0.1) is 0 Å². The molecule has 3 heterocycles. The second-order valence-electron chi connectivity index (χ2n) is 5.56. The van der Waals surface area contributed by atoms with Crippen LogP contribution in [0, 0.1) is 0 Å². The number of fused-ring (bicyclic) bond motifs is 1. The first-order valence-corrected chi connectivity index (χ1v) is 7.68. The average Bonchev–Trinajstić information content (AvgIpc) is 2.83. The first-order chi connectivity index (χ1) is 9.41. The minimum absolute atomic E-state index is 0.0242. The van der Waals surface area contributed by atoms with Crippen molar-refractivity contribution >= 4 is 11.8 Å². The number of nitrogens with one attached hydrogen (secondary N) is 1. The van der Waals surface area contributed by atoms with Gasteiger partial charge in [-0.1, -0.05) is 6.92 Å². The summed E-state index contributed by atoms with van der Waals surface area (Å²) >= 11 is 1.67. The molecule has 0 radical (unpaired) electrons. The Bertz CT molecular complexity index is 623. The van der Waals surface area contributed by atoms with E-state index < -0.39 is 11.5 Å². The Labute approximate surface area is 120 Å². The molecule has 110 valence electrons. The molecule has 0 spiro atoms. The standard InChI is InChI=1S/C13H18N2O4S/c1-4-7-9-10(19-13(2,3)18-9)11(20-7)15-6-5-8(16)14-12(15)17/h5-7,9-11H,4H2,1-3H3,(H,14,16,17)/t7-,9-,10-,11?/m1/s1. The van der Waals surface area contributed by atoms with Crippen molar-refractivity contribution in [2.24, 2.45) is 0 Å². The minimum Gasteiger partial charge on any atom is -0.343 e. The van der Waals surface area contributed by atoms with Crippen LogP contribution >= 0.6 is 11.8 Å². The van der Waals surface area contributed by atoms with Gasteiger partial charge in [0.15, 0.2) is 5.79 Å². The topological polar surface area (TPSA) is 73.3 Å². The molecule has 2 aliphatic heterocycles. The van der Waals surface area contributed by atoms with Crippen LogP contribution in [0.1, 0.15) is 32.6 Å². The SMILES string of the molecule is CC[C@H]1SC(n2ccc(=O)[nH]c2=O)[C@@H]2OC(C)(C)O[C@H]12. The summed E-state index contributed by atoms with van der Waals surface area (Å²) in [6.45, 7) is 5.87. The zero-order valence-electron chi connectivity index (χ0n) is 11.7. The Balaban J connectivity index is 1.98. The molecule has 7 heteroatoms. The van der Waals surface area contributed by atoms with Crippen LogP contribution in [0.15, 0.2) is 21.9 Å². The van der Waals surface area contributed by atoms with Crippen molar-refractivity contribution in [1.29, 1.82) is 0 Å². The van der Waals surface area contributed by atoms with E-state index in [9.17, 15) is 9.59 Å². The number of nitrogens with zero attached hydrogens (tertiary/aromatic N) is 1. The van der Waals surface area contributed by atoms with Crippen molar-refractivity contribution in [2.45, 2.75) is 55.8 Å². The Morgan fingerprint density at radius 1 is 1.35 bits per heavy atom. The summed E-state index contributed by atoms with van der Waals surface area (Å²) in [6.07, 6.45) is 2.27. The lowest BCUT2D eigenvalue weighted by atomic mass is 10.1. The molecule has 1 N–H and O–H groups in total. The monoisotopic (exact) mass is 298 g/mol. The van der Waals surface area contributed by atoms with Crippen LogP contribution < -0.4 is 11.2 Å². The zero-order valence-corrected chi connectivity index (χ0v) is 12.5. The number of hydrogen-bond acceptors (Lipinski definition) is 5. The third-order valence-corrected chi connectivity index (χ3v) is 5.38. The van der Waals surface area contributed by atoms with Gasteiger partial charge in [-0.2, -0.15) is 0 Å². The molecule has 0 amide bonds. The number of ether oxygens (including phenoxy) is 2. The van der Waals surface area contributed by atoms with Gasteiger partial charge in [0.1, 0.15) is 17.6 Å². The van der Waals surface area contributed by atoms with E-state index in [-0.39, 0.29) is 28.4 Å². The van der Waals surface area contributed by atoms with Crippen molar-refractivity contribution in [3.63, 3.8) is 0 Å². The van der Waals surface area contributed by atoms with Gasteiger partial charge in [0, 0.05) is 17.5 Å². The Morgan fingerprint density at radius 3 is 2.70 bits per heavy atom. The predicted octanol–water partition coefficient (Wildman–Crippen LogP) is 1.08. The maximum Gasteiger partial charge on any atom is 0.329 e. The van der Waals surface area contributed by atoms with Gasteiger partial charge >= 0.3 is 5.69 Å². The van der Waals surface area contributed by atoms with Gasteiger partial charge in [-0.15, -0.1) is 11.8 Å². The minimum atomic E-state index is -0.631. The molecule has 4 atom stereocenters. The van der Waals surface area contributed by atoms with Crippen LogP contribution in [0.4, 0.5) is 0 Å². The van der Waals surface area contributed by atoms with E-state index in [0.717, 1.165) is 6.42 Å². The highest BCUT2D eigenvalue weighted by Crippen LogP contribution is 2.51. The van der Waals surface area contributed by atoms with Gasteiger partial charge in [0.25, 0.3) is 5.56 Å². The van der Waals surface area contributed by atoms with Crippen LogP contribution in [-0.4, -0.2) is 32.8 Å². The number of aromatic nitrogens is 2. The molecule has 3 rings (SSSR count). The van der Waals surface area contributed by atoms with Gasteiger partial charge in [-0.3, -0.25) is 14.3 Å². The highest BCUT2D eigenvalue weighted by molar-refractivity contribution is 8.00. The van der Waals surface area contributed by atoms with Crippen LogP contribution in [0.2, 0.25) is 0 Å². The molecule has 0 bridgehead atoms. The number of rotatable bonds is 2. The van der Waals surface area contributed by atoms with Gasteiger partial charge < -0.3 is 9.47 Å². The summed E-state index contributed by atoms with van der Waals surface area (Å²) in [4.78, 5) is 25.4. The summed E-state index contributed by atoms with van der Waals surface area (Å²) in [5.41, 5.74) is -0.791. The Kier molecular flexibility index (Phi) is 3.30. The summed E-state index contributed by atoms with van der Waals surface area (Å²) in [5, 5.41) is 0.113. The molecule has 0 aliphatic carbocycles. The molecule has 6 nitrogen and oxygen atoms in total. The van der Waals surface area contributed by atoms with Crippen molar-refractivity contribution < 1.29 is 9.47 Å². The van der Waals surface area contributed by atoms with E-state index in [1.807, 2.05) is 13.8 Å². The highest BCUT2D eigenvalue weighted by Gasteiger charge is 2.54. The maximum absolute atomic E-state index is 12.0. The summed E-state index contributed by atoms with van der Waals surface area (Å²) in [6, 6.07) is 1.36. The van der Waals surface area contributed by atoms with E-state index in [4.69, 9.17) is 9.47 Å². The van der Waals surface area contributed by atoms with E-state index in [2.05, 4.69) is 11.9 Å². The van der Waals surface area contributed by atoms with Crippen molar-refractivity contribution in [2.75, 3.05) is 0 Å². The molecule has 20 heavy (non-hydrogen) atoms. The fourth-order valence-corrected chi connectivity index (χ4v) is 4.42. The first-order valence-electron chi connectivity index (χ1n) is 6.74. The number of H-pyrrole nitrogens is 1. The molecule has 2 aliphatic rings. The quantitative estimate of drug-likeness (QED) is 0.884. The van der Waals surface area contributed by atoms with E-state index >= 15 is 0 Å². The van der Waals surface area contributed by atoms with Crippen molar-refractivity contribution in [3.8, 4) is 0 Å². The smallest absolute Gasteiger partial charge is 0.329 e. The number of thioether (sulfide) groups is 1.